The van der Waals surface area contributed by atoms with Gasteiger partial charge in [0.05, 0.1) is 17.7 Å². The van der Waals surface area contributed by atoms with Crippen LogP contribution >= 0.6 is 0 Å². The predicted molar refractivity (Wildman–Crippen MR) is 153 cm³/mol. The van der Waals surface area contributed by atoms with Crippen molar-refractivity contribution in [1.29, 1.82) is 0 Å². The molecule has 0 aromatic heterocycles. The molecular formula is C34H30F6N2. The molecule has 0 aliphatic heterocycles. The second-order valence-electron chi connectivity index (χ2n) is 9.89. The number of para-hydroxylation sites is 1. The lowest BCUT2D eigenvalue weighted by Gasteiger charge is -2.23. The van der Waals surface area contributed by atoms with Crippen molar-refractivity contribution in [3.8, 4) is 11.8 Å². The van der Waals surface area contributed by atoms with E-state index in [4.69, 9.17) is 0 Å². The fourth-order valence-electron chi connectivity index (χ4n) is 4.53. The maximum Gasteiger partial charge on any atom is 0.416 e. The summed E-state index contributed by atoms with van der Waals surface area (Å²) in [5, 5.41) is 0. The van der Waals surface area contributed by atoms with Gasteiger partial charge in [0.15, 0.2) is 0 Å². The number of hydrogen-bond donors (Lipinski definition) is 0. The molecule has 0 radical (unpaired) electrons. The van der Waals surface area contributed by atoms with Crippen LogP contribution in [0.4, 0.5) is 32.0 Å². The molecule has 0 bridgehead atoms. The van der Waals surface area contributed by atoms with E-state index in [2.05, 4.69) is 35.8 Å². The van der Waals surface area contributed by atoms with Crippen LogP contribution in [0, 0.1) is 11.8 Å². The number of hydrogen-bond acceptors (Lipinski definition) is 2. The Morgan fingerprint density at radius 2 is 1.14 bits per heavy atom. The first kappa shape index (κ1) is 30.7. The Bertz CT molecular complexity index is 1420. The molecule has 4 aromatic rings. The first-order valence-corrected chi connectivity index (χ1v) is 13.4. The van der Waals surface area contributed by atoms with Gasteiger partial charge < -0.3 is 4.90 Å². The van der Waals surface area contributed by atoms with Gasteiger partial charge >= 0.3 is 12.4 Å². The molecule has 0 amide bonds. The highest BCUT2D eigenvalue weighted by atomic mass is 19.4. The minimum absolute atomic E-state index is 0.261. The topological polar surface area (TPSA) is 6.48 Å². The number of alkyl halides is 6. The van der Waals surface area contributed by atoms with E-state index >= 15 is 0 Å². The van der Waals surface area contributed by atoms with Gasteiger partial charge in [0.2, 0.25) is 0 Å². The van der Waals surface area contributed by atoms with E-state index in [9.17, 15) is 26.3 Å². The SMILES string of the molecule is CCN(Cc1cccc(C#CCN(Cc2ccc(C(F)(F)F)cc2)Cc2ccc(C(F)(F)F)cc2)c1)c1ccccc1. The van der Waals surface area contributed by atoms with Crippen LogP contribution in [-0.2, 0) is 32.0 Å². The van der Waals surface area contributed by atoms with Crippen molar-refractivity contribution in [2.45, 2.75) is 38.9 Å². The highest BCUT2D eigenvalue weighted by Crippen LogP contribution is 2.30. The van der Waals surface area contributed by atoms with Gasteiger partial charge in [-0.3, -0.25) is 4.90 Å². The molecular weight excluding hydrogens is 550 g/mol. The summed E-state index contributed by atoms with van der Waals surface area (Å²) in [6.07, 6.45) is -8.87. The molecule has 4 aromatic carbocycles. The Labute approximate surface area is 242 Å². The van der Waals surface area contributed by atoms with Crippen molar-refractivity contribution >= 4 is 5.69 Å². The molecule has 0 atom stereocenters. The summed E-state index contributed by atoms with van der Waals surface area (Å²) in [4.78, 5) is 4.14. The third-order valence-electron chi connectivity index (χ3n) is 6.71. The molecule has 0 fully saturated rings. The second kappa shape index (κ2) is 13.6. The Morgan fingerprint density at radius 3 is 1.64 bits per heavy atom. The van der Waals surface area contributed by atoms with Crippen molar-refractivity contribution in [2.75, 3.05) is 18.0 Å². The minimum atomic E-state index is -4.44. The average Bonchev–Trinajstić information content (AvgIpc) is 2.96. The summed E-state index contributed by atoms with van der Waals surface area (Å²) in [6, 6.07) is 27.8. The Morgan fingerprint density at radius 1 is 0.595 bits per heavy atom. The average molecular weight is 581 g/mol. The molecule has 0 unspecified atom stereocenters. The van der Waals surface area contributed by atoms with E-state index in [1.165, 1.54) is 24.3 Å². The summed E-state index contributed by atoms with van der Waals surface area (Å²) >= 11 is 0. The molecule has 0 aliphatic rings. The van der Waals surface area contributed by atoms with Crippen molar-refractivity contribution in [2.24, 2.45) is 0 Å². The normalized spacial score (nSPS) is 11.7. The Balaban J connectivity index is 1.50. The molecule has 0 aliphatic carbocycles. The molecule has 0 heterocycles. The lowest BCUT2D eigenvalue weighted by atomic mass is 10.1. The lowest BCUT2D eigenvalue weighted by molar-refractivity contribution is -0.138. The van der Waals surface area contributed by atoms with Crippen LogP contribution in [-0.4, -0.2) is 18.0 Å². The number of benzene rings is 4. The monoisotopic (exact) mass is 580 g/mol. The van der Waals surface area contributed by atoms with E-state index in [-0.39, 0.29) is 19.6 Å². The molecule has 0 saturated carbocycles. The minimum Gasteiger partial charge on any atom is -0.367 e. The molecule has 42 heavy (non-hydrogen) atoms. The fraction of sp³-hybridized carbons (Fsp3) is 0.235. The molecule has 0 N–H and O–H groups in total. The first-order valence-electron chi connectivity index (χ1n) is 13.4. The van der Waals surface area contributed by atoms with E-state index < -0.39 is 23.5 Å². The number of anilines is 1. The van der Waals surface area contributed by atoms with Crippen molar-refractivity contribution < 1.29 is 26.3 Å². The van der Waals surface area contributed by atoms with Gasteiger partial charge in [-0.2, -0.15) is 26.3 Å². The maximum atomic E-state index is 13.0. The van der Waals surface area contributed by atoms with Crippen LogP contribution < -0.4 is 4.90 Å². The zero-order valence-corrected chi connectivity index (χ0v) is 23.0. The van der Waals surface area contributed by atoms with Gasteiger partial charge in [-0.05, 0) is 72.1 Å². The standard InChI is InChI=1S/C34H30F6N2/c1-2-42(32-11-4-3-5-12-32)25-29-9-6-8-26(22-29)10-7-21-41(23-27-13-17-30(18-14-27)33(35,36)37)24-28-15-19-31(20-16-28)34(38,39)40/h3-6,8-9,11-20,22H,2,21,23-25H2,1H3. The van der Waals surface area contributed by atoms with E-state index in [1.54, 1.807) is 0 Å². The number of rotatable bonds is 9. The van der Waals surface area contributed by atoms with Gasteiger partial charge in [-0.25, -0.2) is 0 Å². The highest BCUT2D eigenvalue weighted by Gasteiger charge is 2.30. The lowest BCUT2D eigenvalue weighted by Crippen LogP contribution is -2.23. The predicted octanol–water partition coefficient (Wildman–Crippen LogP) is 8.80. The van der Waals surface area contributed by atoms with Crippen LogP contribution in [0.1, 0.15) is 40.3 Å². The van der Waals surface area contributed by atoms with E-state index in [0.29, 0.717) is 17.7 Å². The van der Waals surface area contributed by atoms with Gasteiger partial charge in [0, 0.05) is 37.4 Å². The van der Waals surface area contributed by atoms with E-state index in [1.807, 2.05) is 47.4 Å². The van der Waals surface area contributed by atoms with Crippen LogP contribution in [0.5, 0.6) is 0 Å². The third kappa shape index (κ3) is 8.89. The maximum absolute atomic E-state index is 13.0. The quantitative estimate of drug-likeness (QED) is 0.144. The van der Waals surface area contributed by atoms with Crippen LogP contribution in [0.15, 0.2) is 103 Å². The third-order valence-corrected chi connectivity index (χ3v) is 6.71. The van der Waals surface area contributed by atoms with Gasteiger partial charge in [-0.1, -0.05) is 66.4 Å². The molecule has 8 heteroatoms. The van der Waals surface area contributed by atoms with Gasteiger partial charge in [0.1, 0.15) is 0 Å². The van der Waals surface area contributed by atoms with E-state index in [0.717, 1.165) is 47.6 Å². The van der Waals surface area contributed by atoms with Crippen molar-refractivity contribution in [3.63, 3.8) is 0 Å². The highest BCUT2D eigenvalue weighted by molar-refractivity contribution is 5.47. The molecule has 2 nitrogen and oxygen atoms in total. The molecule has 218 valence electrons. The number of halogens is 6. The second-order valence-corrected chi connectivity index (χ2v) is 9.89. The summed E-state index contributed by atoms with van der Waals surface area (Å²) in [5.74, 6) is 6.31. The summed E-state index contributed by atoms with van der Waals surface area (Å²) in [6.45, 7) is 4.45. The zero-order chi connectivity index (χ0) is 30.2. The number of nitrogens with zero attached hydrogens (tertiary/aromatic N) is 2. The Hall–Kier alpha value is -4.22. The van der Waals surface area contributed by atoms with Crippen LogP contribution in [0.3, 0.4) is 0 Å². The van der Waals surface area contributed by atoms with Crippen LogP contribution in [0.25, 0.3) is 0 Å². The first-order chi connectivity index (χ1) is 20.0. The fourth-order valence-corrected chi connectivity index (χ4v) is 4.53. The van der Waals surface area contributed by atoms with Crippen molar-refractivity contribution in [3.05, 3.63) is 137 Å². The summed E-state index contributed by atoms with van der Waals surface area (Å²) in [5.41, 5.74) is 2.83. The molecule has 0 saturated heterocycles. The molecule has 4 rings (SSSR count). The van der Waals surface area contributed by atoms with Gasteiger partial charge in [-0.15, -0.1) is 0 Å². The Kier molecular flexibility index (Phi) is 9.97. The smallest absolute Gasteiger partial charge is 0.367 e. The largest absolute Gasteiger partial charge is 0.416 e. The zero-order valence-electron chi connectivity index (χ0n) is 23.0. The van der Waals surface area contributed by atoms with Gasteiger partial charge in [0.25, 0.3) is 0 Å². The molecule has 0 spiro atoms. The van der Waals surface area contributed by atoms with Crippen LogP contribution in [0.2, 0.25) is 0 Å². The summed E-state index contributed by atoms with van der Waals surface area (Å²) in [7, 11) is 0. The summed E-state index contributed by atoms with van der Waals surface area (Å²) < 4.78 is 78.0. The van der Waals surface area contributed by atoms with Crippen molar-refractivity contribution in [1.82, 2.24) is 4.90 Å².